The Balaban J connectivity index is 0.000000455. The summed E-state index contributed by atoms with van der Waals surface area (Å²) in [7, 11) is 0. The molecule has 0 spiro atoms. The standard InChI is InChI=1S/C27H33N7O3.C7H7NO2.C6H18N4/c1-19-4-7-25(35)22(31-19)16-28-10-13-34(14-11-29-17-23-26(36)8-5-20(2)32-23)15-12-30-18-24-27(37)9-6-21(3)33-24;1-5-2-3-7(10)6(4-9)8-5;7-1-4-10(5-2-8)6-3-9/h4-9,16-18,35-37H,10-15H2,1-3H3;2-4,10H,1H3;1-9H2. The summed E-state index contributed by atoms with van der Waals surface area (Å²) in [5.41, 5.74) is 20.7. The molecule has 10 N–H and O–H groups in total. The molecule has 57 heavy (non-hydrogen) atoms. The molecule has 308 valence electrons. The van der Waals surface area contributed by atoms with Crippen LogP contribution in [0.1, 0.15) is 50.3 Å². The molecule has 0 aliphatic carbocycles. The lowest BCUT2D eigenvalue weighted by Crippen LogP contribution is -2.37. The number of aldehydes is 1. The first-order valence-corrected chi connectivity index (χ1v) is 18.6. The van der Waals surface area contributed by atoms with Gasteiger partial charge in [0.2, 0.25) is 0 Å². The van der Waals surface area contributed by atoms with Gasteiger partial charge in [-0.2, -0.15) is 0 Å². The van der Waals surface area contributed by atoms with Crippen molar-refractivity contribution in [2.24, 2.45) is 32.2 Å². The summed E-state index contributed by atoms with van der Waals surface area (Å²) < 4.78 is 0. The quantitative estimate of drug-likeness (QED) is 0.0529. The number of nitrogens with zero attached hydrogens (tertiary/aromatic N) is 9. The van der Waals surface area contributed by atoms with E-state index in [2.05, 4.69) is 44.7 Å². The van der Waals surface area contributed by atoms with Crippen LogP contribution in [0.5, 0.6) is 23.0 Å². The highest BCUT2D eigenvalue weighted by atomic mass is 16.3. The maximum Gasteiger partial charge on any atom is 0.172 e. The summed E-state index contributed by atoms with van der Waals surface area (Å²) >= 11 is 0. The van der Waals surface area contributed by atoms with Crippen molar-refractivity contribution < 1.29 is 25.2 Å². The van der Waals surface area contributed by atoms with Crippen LogP contribution >= 0.6 is 0 Å². The molecule has 0 aromatic carbocycles. The Morgan fingerprint density at radius 3 is 1.00 bits per heavy atom. The fraction of sp³-hybridized carbons (Fsp3) is 0.400. The van der Waals surface area contributed by atoms with Crippen LogP contribution in [0.4, 0.5) is 0 Å². The monoisotopic (exact) mass is 786 g/mol. The summed E-state index contributed by atoms with van der Waals surface area (Å²) in [6.07, 6.45) is 5.27. The van der Waals surface area contributed by atoms with E-state index in [0.717, 1.165) is 42.4 Å². The number of aliphatic imine (C=N–C) groups is 3. The summed E-state index contributed by atoms with van der Waals surface area (Å²) in [6.45, 7) is 15.5. The Morgan fingerprint density at radius 1 is 0.474 bits per heavy atom. The molecule has 0 saturated carbocycles. The highest BCUT2D eigenvalue weighted by Crippen LogP contribution is 2.14. The van der Waals surface area contributed by atoms with E-state index in [1.165, 1.54) is 6.07 Å². The number of carbonyl (C=O) groups excluding carboxylic acids is 1. The Morgan fingerprint density at radius 2 is 0.737 bits per heavy atom. The molecule has 0 radical (unpaired) electrons. The number of hydrogen-bond acceptors (Lipinski definition) is 17. The zero-order valence-corrected chi connectivity index (χ0v) is 33.4. The number of pyridine rings is 4. The summed E-state index contributed by atoms with van der Waals surface area (Å²) in [5.74, 6) is 0.211. The van der Waals surface area contributed by atoms with Gasteiger partial charge in [0, 0.05) is 81.7 Å². The second kappa shape index (κ2) is 27.0. The largest absolute Gasteiger partial charge is 0.506 e. The molecule has 0 aliphatic heterocycles. The van der Waals surface area contributed by atoms with Crippen LogP contribution in [0, 0.1) is 27.7 Å². The second-order valence-corrected chi connectivity index (χ2v) is 12.7. The zero-order valence-electron chi connectivity index (χ0n) is 33.4. The molecule has 0 aliphatic rings. The molecule has 0 saturated heterocycles. The van der Waals surface area contributed by atoms with Crippen LogP contribution < -0.4 is 17.2 Å². The maximum absolute atomic E-state index is 10.2. The van der Waals surface area contributed by atoms with Gasteiger partial charge in [-0.15, -0.1) is 0 Å². The van der Waals surface area contributed by atoms with Gasteiger partial charge in [0.1, 0.15) is 45.8 Å². The van der Waals surface area contributed by atoms with Crippen LogP contribution in [-0.4, -0.2) is 154 Å². The average Bonchev–Trinajstić information content (AvgIpc) is 3.18. The van der Waals surface area contributed by atoms with Crippen molar-refractivity contribution in [2.45, 2.75) is 27.7 Å². The smallest absolute Gasteiger partial charge is 0.172 e. The van der Waals surface area contributed by atoms with Crippen LogP contribution in [0.25, 0.3) is 0 Å². The fourth-order valence-corrected chi connectivity index (χ4v) is 4.92. The van der Waals surface area contributed by atoms with E-state index in [0.29, 0.717) is 82.3 Å². The maximum atomic E-state index is 10.2. The Hall–Kier alpha value is -5.72. The lowest BCUT2D eigenvalue weighted by molar-refractivity contribution is 0.111. The minimum Gasteiger partial charge on any atom is -0.506 e. The van der Waals surface area contributed by atoms with Crippen molar-refractivity contribution in [1.82, 2.24) is 29.7 Å². The summed E-state index contributed by atoms with van der Waals surface area (Å²) in [5, 5.41) is 38.8. The van der Waals surface area contributed by atoms with Crippen molar-refractivity contribution in [3.63, 3.8) is 0 Å². The first-order valence-electron chi connectivity index (χ1n) is 18.6. The number of nitrogens with two attached hydrogens (primary N) is 3. The van der Waals surface area contributed by atoms with Crippen LogP contribution in [0.3, 0.4) is 0 Å². The Bertz CT molecular complexity index is 1720. The number of rotatable bonds is 19. The van der Waals surface area contributed by atoms with E-state index >= 15 is 0 Å². The van der Waals surface area contributed by atoms with E-state index in [9.17, 15) is 20.1 Å². The Kier molecular flexibility index (Phi) is 22.4. The molecule has 4 heterocycles. The molecule has 17 nitrogen and oxygen atoms in total. The van der Waals surface area contributed by atoms with Gasteiger partial charge in [-0.3, -0.25) is 29.6 Å². The Labute approximate surface area is 334 Å². The van der Waals surface area contributed by atoms with Gasteiger partial charge in [0.05, 0.1) is 38.3 Å². The molecular formula is C40H58N12O5. The fourth-order valence-electron chi connectivity index (χ4n) is 4.92. The third-order valence-electron chi connectivity index (χ3n) is 7.89. The van der Waals surface area contributed by atoms with E-state index in [4.69, 9.17) is 22.3 Å². The lowest BCUT2D eigenvalue weighted by atomic mass is 10.3. The van der Waals surface area contributed by atoms with E-state index in [1.807, 2.05) is 20.8 Å². The van der Waals surface area contributed by atoms with Gasteiger partial charge in [-0.05, 0) is 76.2 Å². The highest BCUT2D eigenvalue weighted by molar-refractivity contribution is 5.81. The van der Waals surface area contributed by atoms with Gasteiger partial charge < -0.3 is 37.6 Å². The molecule has 0 atom stereocenters. The molecule has 0 fully saturated rings. The molecule has 0 unspecified atom stereocenters. The van der Waals surface area contributed by atoms with Gasteiger partial charge in [-0.1, -0.05) is 0 Å². The minimum atomic E-state index is -0.0689. The van der Waals surface area contributed by atoms with Crippen molar-refractivity contribution in [3.8, 4) is 23.0 Å². The number of aromatic hydroxyl groups is 4. The minimum absolute atomic E-state index is 0.0689. The third kappa shape index (κ3) is 19.1. The van der Waals surface area contributed by atoms with E-state index in [1.54, 1.807) is 68.0 Å². The lowest BCUT2D eigenvalue weighted by Gasteiger charge is -2.19. The van der Waals surface area contributed by atoms with Gasteiger partial charge >= 0.3 is 0 Å². The first kappa shape index (κ1) is 47.4. The van der Waals surface area contributed by atoms with Crippen LogP contribution in [0.15, 0.2) is 63.5 Å². The molecule has 17 heteroatoms. The normalized spacial score (nSPS) is 11.3. The first-order chi connectivity index (χ1) is 27.4. The zero-order chi connectivity index (χ0) is 42.0. The van der Waals surface area contributed by atoms with Gasteiger partial charge in [-0.25, -0.2) is 19.9 Å². The van der Waals surface area contributed by atoms with Crippen molar-refractivity contribution in [2.75, 3.05) is 78.5 Å². The number of aromatic nitrogens is 4. The van der Waals surface area contributed by atoms with Crippen LogP contribution in [0.2, 0.25) is 0 Å². The molecule has 0 bridgehead atoms. The third-order valence-corrected chi connectivity index (χ3v) is 7.89. The van der Waals surface area contributed by atoms with E-state index in [-0.39, 0.29) is 28.7 Å². The molecule has 0 amide bonds. The van der Waals surface area contributed by atoms with Crippen molar-refractivity contribution >= 4 is 24.9 Å². The highest BCUT2D eigenvalue weighted by Gasteiger charge is 2.06. The summed E-state index contributed by atoms with van der Waals surface area (Å²) in [6, 6.07) is 13.1. The SMILES string of the molecule is Cc1ccc(O)c(C=NCCN(CCN=Cc2nc(C)ccc2O)CCN=Cc2nc(C)ccc2O)n1.Cc1ccc(O)c(C=O)n1.NCCN(CCN)CCN. The molecular weight excluding hydrogens is 729 g/mol. The topological polar surface area (TPSA) is 271 Å². The number of aryl methyl sites for hydroxylation is 4. The second-order valence-electron chi connectivity index (χ2n) is 12.7. The van der Waals surface area contributed by atoms with Crippen LogP contribution in [-0.2, 0) is 0 Å². The van der Waals surface area contributed by atoms with Crippen molar-refractivity contribution in [1.29, 1.82) is 0 Å². The average molecular weight is 787 g/mol. The van der Waals surface area contributed by atoms with Gasteiger partial charge in [0.15, 0.2) is 6.29 Å². The molecule has 4 rings (SSSR count). The molecule has 4 aromatic rings. The number of hydrogen-bond donors (Lipinski definition) is 7. The summed E-state index contributed by atoms with van der Waals surface area (Å²) in [4.78, 5) is 44.4. The predicted octanol–water partition coefficient (Wildman–Crippen LogP) is 1.95. The van der Waals surface area contributed by atoms with Crippen molar-refractivity contribution in [3.05, 3.63) is 94.1 Å². The van der Waals surface area contributed by atoms with E-state index < -0.39 is 0 Å². The number of carbonyl (C=O) groups is 1. The molecule has 4 aromatic heterocycles. The predicted molar refractivity (Wildman–Crippen MR) is 225 cm³/mol. The van der Waals surface area contributed by atoms with Gasteiger partial charge in [0.25, 0.3) is 0 Å².